The Kier molecular flexibility index (Phi) is 6.64. The van der Waals surface area contributed by atoms with E-state index in [4.69, 9.17) is 0 Å². The molecule has 2 aromatic rings. The highest BCUT2D eigenvalue weighted by atomic mass is 15.3. The molecule has 0 heterocycles. The fourth-order valence-corrected chi connectivity index (χ4v) is 3.73. The molecule has 158 valence electrons. The van der Waals surface area contributed by atoms with Crippen molar-refractivity contribution in [2.75, 3.05) is 53.7 Å². The highest BCUT2D eigenvalue weighted by Crippen LogP contribution is 2.32. The summed E-state index contributed by atoms with van der Waals surface area (Å²) >= 11 is 0. The van der Waals surface area contributed by atoms with Crippen LogP contribution in [-0.4, -0.2) is 54.9 Å². The number of nitrogens with zero attached hydrogens (tertiary/aromatic N) is 2. The number of nitrogens with one attached hydrogen (secondary N) is 1. The van der Waals surface area contributed by atoms with Crippen LogP contribution >= 0.6 is 0 Å². The third-order valence-corrected chi connectivity index (χ3v) is 6.24. The average molecular weight is 404 g/mol. The predicted octanol–water partition coefficient (Wildman–Crippen LogP) is 3.78. The maximum absolute atomic E-state index is 2.31. The zero-order valence-electron chi connectivity index (χ0n) is 19.6. The number of allylic oxidation sites excluding steroid dienone is 3. The molecular formula is C27H37N3+2. The van der Waals surface area contributed by atoms with Crippen LogP contribution in [0, 0.1) is 0 Å². The summed E-state index contributed by atoms with van der Waals surface area (Å²) in [6.45, 7) is 3.30. The molecule has 0 atom stereocenters. The van der Waals surface area contributed by atoms with Gasteiger partial charge in [0.15, 0.2) is 0 Å². The molecule has 3 heteroatoms. The molecule has 1 aliphatic carbocycles. The van der Waals surface area contributed by atoms with Crippen molar-refractivity contribution < 1.29 is 4.90 Å². The van der Waals surface area contributed by atoms with Gasteiger partial charge in [0.05, 0.1) is 34.7 Å². The summed E-state index contributed by atoms with van der Waals surface area (Å²) in [6, 6.07) is 18.4. The molecule has 3 rings (SSSR count). The lowest BCUT2D eigenvalue weighted by molar-refractivity contribution is -0.871. The highest BCUT2D eigenvalue weighted by molar-refractivity contribution is 5.86. The number of rotatable bonds is 6. The molecule has 0 fully saturated rings. The van der Waals surface area contributed by atoms with Crippen molar-refractivity contribution in [3.05, 3.63) is 89.5 Å². The van der Waals surface area contributed by atoms with E-state index < -0.39 is 0 Å². The zero-order chi connectivity index (χ0) is 21.9. The van der Waals surface area contributed by atoms with Gasteiger partial charge in [-0.25, -0.2) is 0 Å². The number of benzene rings is 2. The lowest BCUT2D eigenvalue weighted by Gasteiger charge is -2.28. The molecule has 0 aromatic heterocycles. The maximum Gasteiger partial charge on any atom is 0.132 e. The van der Waals surface area contributed by atoms with Gasteiger partial charge in [-0.1, -0.05) is 24.3 Å². The van der Waals surface area contributed by atoms with Crippen LogP contribution in [-0.2, 0) is 0 Å². The third-order valence-electron chi connectivity index (χ3n) is 6.24. The van der Waals surface area contributed by atoms with Crippen LogP contribution in [0.25, 0.3) is 5.57 Å². The fourth-order valence-electron chi connectivity index (χ4n) is 3.73. The number of hydrogen-bond acceptors (Lipinski definition) is 1. The normalized spacial score (nSPS) is 16.3. The quantitative estimate of drug-likeness (QED) is 0.722. The summed E-state index contributed by atoms with van der Waals surface area (Å²) in [5.41, 5.74) is 7.60. The minimum absolute atomic E-state index is 0.427. The molecule has 0 saturated carbocycles. The minimum Gasteiger partial charge on any atom is -0.378 e. The number of likely N-dealkylation sites (N-methyl/N-ethyl adjacent to an activating group) is 1. The van der Waals surface area contributed by atoms with Gasteiger partial charge in [-0.3, -0.25) is 4.48 Å². The van der Waals surface area contributed by atoms with E-state index >= 15 is 0 Å². The lowest BCUT2D eigenvalue weighted by atomic mass is 9.90. The molecule has 0 saturated heterocycles. The van der Waals surface area contributed by atoms with Crippen molar-refractivity contribution in [1.82, 2.24) is 4.48 Å². The van der Waals surface area contributed by atoms with Crippen LogP contribution in [0.4, 0.5) is 11.4 Å². The van der Waals surface area contributed by atoms with Gasteiger partial charge in [-0.05, 0) is 77.7 Å². The van der Waals surface area contributed by atoms with Crippen LogP contribution in [0.2, 0.25) is 0 Å². The topological polar surface area (TPSA) is 7.68 Å². The Morgan fingerprint density at radius 2 is 1.37 bits per heavy atom. The SMILES string of the molecule is CC[N+](C)(C)c1ccc(C(=C2C=CC([NH+](C)C)C=C2)c2ccc(N(C)C)cc2)cc1. The monoisotopic (exact) mass is 403 g/mol. The first-order chi connectivity index (χ1) is 14.2. The van der Waals surface area contributed by atoms with Crippen LogP contribution in [0.3, 0.4) is 0 Å². The van der Waals surface area contributed by atoms with Crippen molar-refractivity contribution in [2.24, 2.45) is 0 Å². The van der Waals surface area contributed by atoms with Crippen molar-refractivity contribution in [3.63, 3.8) is 0 Å². The second-order valence-corrected chi connectivity index (χ2v) is 9.14. The Bertz CT molecular complexity index is 927. The van der Waals surface area contributed by atoms with E-state index in [-0.39, 0.29) is 0 Å². The van der Waals surface area contributed by atoms with Gasteiger partial charge < -0.3 is 9.80 Å². The van der Waals surface area contributed by atoms with Gasteiger partial charge in [0, 0.05) is 19.8 Å². The summed E-state index contributed by atoms with van der Waals surface area (Å²) < 4.78 is 0.886. The van der Waals surface area contributed by atoms with Crippen molar-refractivity contribution >= 4 is 16.9 Å². The smallest absolute Gasteiger partial charge is 0.132 e. The minimum atomic E-state index is 0.427. The standard InChI is InChI=1S/C27H36N3/c1-8-30(6,7)26-19-13-23(14-20-26)27(21-9-15-24(16-10-21)28(2)3)22-11-17-25(18-12-22)29(4)5/h9-20,24H,8H2,1-7H3/q+1/p+1. The second-order valence-electron chi connectivity index (χ2n) is 9.14. The van der Waals surface area contributed by atoms with Gasteiger partial charge >= 0.3 is 0 Å². The molecule has 0 aliphatic heterocycles. The predicted molar refractivity (Wildman–Crippen MR) is 132 cm³/mol. The van der Waals surface area contributed by atoms with Gasteiger partial charge in [0.25, 0.3) is 0 Å². The van der Waals surface area contributed by atoms with Gasteiger partial charge in [-0.15, -0.1) is 0 Å². The summed E-state index contributed by atoms with van der Waals surface area (Å²) in [6.07, 6.45) is 9.19. The summed E-state index contributed by atoms with van der Waals surface area (Å²) in [4.78, 5) is 3.56. The molecule has 3 nitrogen and oxygen atoms in total. The molecule has 0 bridgehead atoms. The molecule has 1 aliphatic rings. The van der Waals surface area contributed by atoms with E-state index in [0.717, 1.165) is 11.0 Å². The van der Waals surface area contributed by atoms with Crippen LogP contribution in [0.15, 0.2) is 78.4 Å². The molecule has 0 radical (unpaired) electrons. The largest absolute Gasteiger partial charge is 0.378 e. The molecule has 1 N–H and O–H groups in total. The van der Waals surface area contributed by atoms with Crippen molar-refractivity contribution in [2.45, 2.75) is 13.0 Å². The van der Waals surface area contributed by atoms with Gasteiger partial charge in [-0.2, -0.15) is 0 Å². The molecular weight excluding hydrogens is 366 g/mol. The molecule has 30 heavy (non-hydrogen) atoms. The number of anilines is 1. The fraction of sp³-hybridized carbons (Fsp3) is 0.333. The Morgan fingerprint density at radius 1 is 0.867 bits per heavy atom. The lowest BCUT2D eigenvalue weighted by Crippen LogP contribution is -3.09. The van der Waals surface area contributed by atoms with Crippen LogP contribution in [0.5, 0.6) is 0 Å². The average Bonchev–Trinajstić information content (AvgIpc) is 2.75. The first kappa shape index (κ1) is 22.1. The molecule has 0 unspecified atom stereocenters. The van der Waals surface area contributed by atoms with E-state index in [2.05, 4.69) is 127 Å². The van der Waals surface area contributed by atoms with Gasteiger partial charge in [0.2, 0.25) is 0 Å². The van der Waals surface area contributed by atoms with E-state index in [1.807, 2.05) is 0 Å². The van der Waals surface area contributed by atoms with E-state index in [1.165, 1.54) is 38.5 Å². The summed E-state index contributed by atoms with van der Waals surface area (Å²) in [7, 11) is 13.1. The van der Waals surface area contributed by atoms with E-state index in [0.29, 0.717) is 6.04 Å². The van der Waals surface area contributed by atoms with E-state index in [9.17, 15) is 0 Å². The maximum atomic E-state index is 2.31. The van der Waals surface area contributed by atoms with Gasteiger partial charge in [0.1, 0.15) is 11.7 Å². The Balaban J connectivity index is 2.08. The first-order valence-electron chi connectivity index (χ1n) is 10.9. The molecule has 2 aromatic carbocycles. The van der Waals surface area contributed by atoms with E-state index in [1.54, 1.807) is 0 Å². The summed E-state index contributed by atoms with van der Waals surface area (Å²) in [5, 5.41) is 0. The van der Waals surface area contributed by atoms with Crippen LogP contribution in [0.1, 0.15) is 18.1 Å². The Labute approximate surface area is 182 Å². The number of hydrogen-bond donors (Lipinski definition) is 1. The van der Waals surface area contributed by atoms with Crippen molar-refractivity contribution in [1.29, 1.82) is 0 Å². The van der Waals surface area contributed by atoms with Crippen molar-refractivity contribution in [3.8, 4) is 0 Å². The third kappa shape index (κ3) is 4.75. The second kappa shape index (κ2) is 9.03. The Hall–Kier alpha value is -2.62. The zero-order valence-corrected chi connectivity index (χ0v) is 19.6. The molecule has 0 amide bonds. The van der Waals surface area contributed by atoms with Crippen LogP contribution < -0.4 is 14.3 Å². The molecule has 0 spiro atoms. The number of quaternary nitrogens is 2. The highest BCUT2D eigenvalue weighted by Gasteiger charge is 2.18. The first-order valence-corrected chi connectivity index (χ1v) is 10.9. The summed E-state index contributed by atoms with van der Waals surface area (Å²) in [5.74, 6) is 0. The Morgan fingerprint density at radius 3 is 1.80 bits per heavy atom.